The van der Waals surface area contributed by atoms with Gasteiger partial charge in [0.1, 0.15) is 0 Å². The highest BCUT2D eigenvalue weighted by molar-refractivity contribution is 6.04. The van der Waals surface area contributed by atoms with Gasteiger partial charge in [-0.2, -0.15) is 0 Å². The minimum Gasteiger partial charge on any atom is -0.264 e. The Morgan fingerprint density at radius 1 is 0.439 bits per heavy atom. The van der Waals surface area contributed by atoms with Gasteiger partial charge in [-0.15, -0.1) is 0 Å². The maximum absolute atomic E-state index is 5.47. The molecule has 0 bridgehead atoms. The smallest absolute Gasteiger partial charge is 0.0982 e. The summed E-state index contributed by atoms with van der Waals surface area (Å²) in [5, 5.41) is 0. The second-order valence-corrected chi connectivity index (χ2v) is 10.2. The van der Waals surface area contributed by atoms with Crippen LogP contribution in [0.1, 0.15) is 5.56 Å². The second kappa shape index (κ2) is 10.6. The first-order valence-electron chi connectivity index (χ1n) is 13.8. The first-order valence-corrected chi connectivity index (χ1v) is 13.8. The highest BCUT2D eigenvalue weighted by atomic mass is 14.8. The molecule has 5 aromatic carbocycles. The standard InChI is InChI=1S/C38H27N3/c1-26-24-33(28-12-5-2-6-13-28)37-38(34(26)29-14-7-3-8-15-29)41-36(35(40-37)30-16-9-4-10-17-30)31-21-19-27(20-22-31)32-18-11-23-39-25-32/h2-25H,1H3. The van der Waals surface area contributed by atoms with Crippen LogP contribution in [0.25, 0.3) is 66.9 Å². The second-order valence-electron chi connectivity index (χ2n) is 10.2. The third-order valence-corrected chi connectivity index (χ3v) is 7.49. The fourth-order valence-electron chi connectivity index (χ4n) is 5.50. The Hall–Kier alpha value is -5.41. The van der Waals surface area contributed by atoms with Gasteiger partial charge in [0.05, 0.1) is 22.4 Å². The summed E-state index contributed by atoms with van der Waals surface area (Å²) in [6.45, 7) is 2.17. The van der Waals surface area contributed by atoms with Crippen LogP contribution in [0.2, 0.25) is 0 Å². The zero-order valence-corrected chi connectivity index (χ0v) is 22.7. The van der Waals surface area contributed by atoms with Gasteiger partial charge in [-0.05, 0) is 46.9 Å². The molecule has 0 atom stereocenters. The maximum Gasteiger partial charge on any atom is 0.0982 e. The van der Waals surface area contributed by atoms with Crippen molar-refractivity contribution in [3.63, 3.8) is 0 Å². The topological polar surface area (TPSA) is 38.7 Å². The van der Waals surface area contributed by atoms with Crippen LogP contribution in [0.3, 0.4) is 0 Å². The Morgan fingerprint density at radius 3 is 1.56 bits per heavy atom. The van der Waals surface area contributed by atoms with Crippen LogP contribution in [-0.2, 0) is 0 Å². The van der Waals surface area contributed by atoms with Crippen molar-refractivity contribution in [3.8, 4) is 55.9 Å². The number of hydrogen-bond acceptors (Lipinski definition) is 3. The summed E-state index contributed by atoms with van der Waals surface area (Å²) in [6, 6.07) is 46.2. The van der Waals surface area contributed by atoms with E-state index in [0.717, 1.165) is 66.9 Å². The predicted molar refractivity (Wildman–Crippen MR) is 169 cm³/mol. The van der Waals surface area contributed by atoms with Crippen molar-refractivity contribution >= 4 is 11.0 Å². The van der Waals surface area contributed by atoms with Crippen molar-refractivity contribution in [1.82, 2.24) is 15.0 Å². The molecule has 194 valence electrons. The lowest BCUT2D eigenvalue weighted by molar-refractivity contribution is 1.28. The van der Waals surface area contributed by atoms with Crippen LogP contribution >= 0.6 is 0 Å². The van der Waals surface area contributed by atoms with Gasteiger partial charge >= 0.3 is 0 Å². The van der Waals surface area contributed by atoms with Crippen molar-refractivity contribution in [2.45, 2.75) is 6.92 Å². The lowest BCUT2D eigenvalue weighted by Crippen LogP contribution is -2.00. The molecule has 0 radical (unpaired) electrons. The maximum atomic E-state index is 5.47. The third kappa shape index (κ3) is 4.68. The van der Waals surface area contributed by atoms with E-state index >= 15 is 0 Å². The minimum absolute atomic E-state index is 0.864. The summed E-state index contributed by atoms with van der Waals surface area (Å²) in [4.78, 5) is 15.2. The molecule has 2 aromatic heterocycles. The number of rotatable bonds is 5. The molecule has 0 saturated heterocycles. The van der Waals surface area contributed by atoms with Gasteiger partial charge in [-0.3, -0.25) is 4.98 Å². The van der Waals surface area contributed by atoms with E-state index in [1.165, 1.54) is 5.56 Å². The highest BCUT2D eigenvalue weighted by Crippen LogP contribution is 2.40. The van der Waals surface area contributed by atoms with E-state index in [1.54, 1.807) is 6.20 Å². The summed E-state index contributed by atoms with van der Waals surface area (Å²) >= 11 is 0. The van der Waals surface area contributed by atoms with Crippen molar-refractivity contribution in [1.29, 1.82) is 0 Å². The number of fused-ring (bicyclic) bond motifs is 1. The van der Waals surface area contributed by atoms with Gasteiger partial charge in [0.25, 0.3) is 0 Å². The molecule has 0 aliphatic carbocycles. The zero-order chi connectivity index (χ0) is 27.6. The average molecular weight is 526 g/mol. The minimum atomic E-state index is 0.864. The van der Waals surface area contributed by atoms with E-state index in [-0.39, 0.29) is 0 Å². The summed E-state index contributed by atoms with van der Waals surface area (Å²) in [6.07, 6.45) is 3.69. The number of pyridine rings is 1. The van der Waals surface area contributed by atoms with E-state index in [4.69, 9.17) is 9.97 Å². The fraction of sp³-hybridized carbons (Fsp3) is 0.0263. The summed E-state index contributed by atoms with van der Waals surface area (Å²) < 4.78 is 0. The lowest BCUT2D eigenvalue weighted by atomic mass is 9.92. The third-order valence-electron chi connectivity index (χ3n) is 7.49. The number of benzene rings is 5. The van der Waals surface area contributed by atoms with Gasteiger partial charge in [0.15, 0.2) is 0 Å². The van der Waals surface area contributed by atoms with Crippen LogP contribution in [-0.4, -0.2) is 15.0 Å². The SMILES string of the molecule is Cc1cc(-c2ccccc2)c2nc(-c3ccccc3)c(-c3ccc(-c4cccnc4)cc3)nc2c1-c1ccccc1. The van der Waals surface area contributed by atoms with Crippen LogP contribution in [0.4, 0.5) is 0 Å². The molecule has 7 aromatic rings. The largest absolute Gasteiger partial charge is 0.264 e. The van der Waals surface area contributed by atoms with Crippen molar-refractivity contribution in [3.05, 3.63) is 151 Å². The average Bonchev–Trinajstić information content (AvgIpc) is 3.05. The van der Waals surface area contributed by atoms with E-state index in [1.807, 2.05) is 30.5 Å². The van der Waals surface area contributed by atoms with Crippen molar-refractivity contribution in [2.24, 2.45) is 0 Å². The molecule has 3 nitrogen and oxygen atoms in total. The Kier molecular flexibility index (Phi) is 6.38. The van der Waals surface area contributed by atoms with E-state index in [2.05, 4.69) is 121 Å². The molecular weight excluding hydrogens is 498 g/mol. The molecule has 2 heterocycles. The predicted octanol–water partition coefficient (Wildman–Crippen LogP) is 9.67. The zero-order valence-electron chi connectivity index (χ0n) is 22.7. The van der Waals surface area contributed by atoms with Gasteiger partial charge in [0.2, 0.25) is 0 Å². The number of nitrogens with zero attached hydrogens (tertiary/aromatic N) is 3. The van der Waals surface area contributed by atoms with E-state index < -0.39 is 0 Å². The van der Waals surface area contributed by atoms with E-state index in [9.17, 15) is 0 Å². The Bertz CT molecular complexity index is 1950. The summed E-state index contributed by atoms with van der Waals surface area (Å²) in [5.41, 5.74) is 13.4. The Labute approximate surface area is 239 Å². The number of aryl methyl sites for hydroxylation is 1. The van der Waals surface area contributed by atoms with E-state index in [0.29, 0.717) is 0 Å². The Morgan fingerprint density at radius 2 is 0.951 bits per heavy atom. The van der Waals surface area contributed by atoms with Gasteiger partial charge < -0.3 is 0 Å². The molecule has 0 unspecified atom stereocenters. The number of aromatic nitrogens is 3. The first kappa shape index (κ1) is 24.6. The first-order chi connectivity index (χ1) is 20.3. The highest BCUT2D eigenvalue weighted by Gasteiger charge is 2.20. The summed E-state index contributed by atoms with van der Waals surface area (Å²) in [7, 11) is 0. The molecule has 0 aliphatic heterocycles. The molecule has 7 rings (SSSR count). The fourth-order valence-corrected chi connectivity index (χ4v) is 5.50. The molecule has 0 amide bonds. The van der Waals surface area contributed by atoms with Crippen molar-refractivity contribution in [2.75, 3.05) is 0 Å². The van der Waals surface area contributed by atoms with Crippen molar-refractivity contribution < 1.29 is 0 Å². The molecule has 0 fully saturated rings. The quantitative estimate of drug-likeness (QED) is 0.224. The van der Waals surface area contributed by atoms with Gasteiger partial charge in [0, 0.05) is 34.6 Å². The van der Waals surface area contributed by atoms with Crippen LogP contribution < -0.4 is 0 Å². The Balaban J connectivity index is 1.54. The molecule has 3 heteroatoms. The van der Waals surface area contributed by atoms with Crippen LogP contribution in [0, 0.1) is 6.92 Å². The molecule has 41 heavy (non-hydrogen) atoms. The summed E-state index contributed by atoms with van der Waals surface area (Å²) in [5.74, 6) is 0. The molecule has 0 N–H and O–H groups in total. The molecule has 0 aliphatic rings. The van der Waals surface area contributed by atoms with Crippen LogP contribution in [0.15, 0.2) is 146 Å². The molecular formula is C38H27N3. The number of hydrogen-bond donors (Lipinski definition) is 0. The van der Waals surface area contributed by atoms with Gasteiger partial charge in [-0.1, -0.05) is 121 Å². The van der Waals surface area contributed by atoms with Gasteiger partial charge in [-0.25, -0.2) is 9.97 Å². The lowest BCUT2D eigenvalue weighted by Gasteiger charge is -2.18. The molecule has 0 saturated carbocycles. The normalized spacial score (nSPS) is 11.0. The molecule has 0 spiro atoms. The monoisotopic (exact) mass is 525 g/mol. The van der Waals surface area contributed by atoms with Crippen LogP contribution in [0.5, 0.6) is 0 Å².